The van der Waals surface area contributed by atoms with Gasteiger partial charge in [0.2, 0.25) is 11.3 Å². The summed E-state index contributed by atoms with van der Waals surface area (Å²) in [6.07, 6.45) is 2.49. The van der Waals surface area contributed by atoms with Crippen LogP contribution in [0, 0.1) is 36.5 Å². The van der Waals surface area contributed by atoms with E-state index in [1.165, 1.54) is 59.3 Å². The number of nitrogens with one attached hydrogen (secondary N) is 2. The van der Waals surface area contributed by atoms with E-state index in [4.69, 9.17) is 37.8 Å². The maximum absolute atomic E-state index is 15.2. The molecule has 24 nitrogen and oxygen atoms in total. The second-order valence-corrected chi connectivity index (χ2v) is 26.7. The fourth-order valence-corrected chi connectivity index (χ4v) is 12.8. The maximum atomic E-state index is 15.2. The smallest absolute Gasteiger partial charge is 0.312 e. The van der Waals surface area contributed by atoms with Crippen molar-refractivity contribution >= 4 is 91.4 Å². The first-order valence-electron chi connectivity index (χ1n) is 31.0. The summed E-state index contributed by atoms with van der Waals surface area (Å²) < 4.78 is 64.7. The highest BCUT2D eigenvalue weighted by atomic mass is 31.1. The minimum atomic E-state index is -2.16. The number of phenolic OH excluding ortho intramolecular Hbond substituents is 2. The number of aliphatic hydroxyl groups is 1. The van der Waals surface area contributed by atoms with Gasteiger partial charge in [-0.3, -0.25) is 47.6 Å². The van der Waals surface area contributed by atoms with Crippen LogP contribution in [0.5, 0.6) is 17.2 Å². The molecule has 5 bridgehead atoms. The van der Waals surface area contributed by atoms with E-state index in [0.717, 1.165) is 25.2 Å². The van der Waals surface area contributed by atoms with E-state index in [1.54, 1.807) is 70.2 Å². The lowest BCUT2D eigenvalue weighted by molar-refractivity contribution is -0.166. The van der Waals surface area contributed by atoms with Crippen molar-refractivity contribution in [1.29, 1.82) is 0 Å². The number of hydrogen-bond donors (Lipinski definition) is 5. The summed E-state index contributed by atoms with van der Waals surface area (Å²) in [7, 11) is 0.905. The first kappa shape index (κ1) is 70.7. The number of aromatic nitrogens is 1. The van der Waals surface area contributed by atoms with Gasteiger partial charge in [-0.05, 0) is 56.4 Å². The first-order valence-corrected chi connectivity index (χ1v) is 32.8. The summed E-state index contributed by atoms with van der Waals surface area (Å²) in [5, 5.41) is 40.3. The fourth-order valence-electron chi connectivity index (χ4n) is 12.1. The number of esters is 3. The van der Waals surface area contributed by atoms with Crippen LogP contribution in [0.15, 0.2) is 81.7 Å². The molecule has 26 heteroatoms. The van der Waals surface area contributed by atoms with Crippen molar-refractivity contribution in [3.05, 3.63) is 99.5 Å². The molecule has 0 radical (unpaired) electrons. The number of methoxy groups -OCH3 is 1. The predicted octanol–water partition coefficient (Wildman–Crippen LogP) is 10.2. The third kappa shape index (κ3) is 16.3. The van der Waals surface area contributed by atoms with Crippen molar-refractivity contribution in [3.8, 4) is 28.7 Å². The lowest BCUT2D eigenvalue weighted by atomic mass is 9.78. The zero-order valence-electron chi connectivity index (χ0n) is 54.0. The molecule has 3 aromatic rings. The van der Waals surface area contributed by atoms with Crippen LogP contribution < -0.4 is 25.7 Å². The summed E-state index contributed by atoms with van der Waals surface area (Å²) in [5.41, 5.74) is 0.0931. The van der Waals surface area contributed by atoms with E-state index in [2.05, 4.69) is 34.3 Å². The Bertz CT molecular complexity index is 3780. The quantitative estimate of drug-likeness (QED) is 0.0136. The van der Waals surface area contributed by atoms with Gasteiger partial charge in [0.15, 0.2) is 28.3 Å². The number of amides is 2. The first-order chi connectivity index (χ1) is 44.2. The zero-order valence-corrected chi connectivity index (χ0v) is 55.8. The summed E-state index contributed by atoms with van der Waals surface area (Å²) in [5.74, 6) is -10.3. The number of carbonyl (C=O) groups is 6. The Morgan fingerprint density at radius 1 is 0.882 bits per heavy atom. The number of piperazine rings is 1. The van der Waals surface area contributed by atoms with Gasteiger partial charge < -0.3 is 63.7 Å². The van der Waals surface area contributed by atoms with Crippen LogP contribution in [0.25, 0.3) is 33.3 Å². The predicted molar refractivity (Wildman–Crippen MR) is 347 cm³/mol. The Morgan fingerprint density at radius 2 is 1.57 bits per heavy atom. The number of anilines is 3. The van der Waals surface area contributed by atoms with Gasteiger partial charge >= 0.3 is 23.7 Å². The molecule has 5 aliphatic heterocycles. The lowest BCUT2D eigenvalue weighted by Crippen LogP contribution is -2.47. The summed E-state index contributed by atoms with van der Waals surface area (Å²) in [4.78, 5) is 106. The average Bonchev–Trinajstić information content (AvgIpc) is 1.60. The second kappa shape index (κ2) is 30.7. The molecule has 6 aliphatic rings. The molecule has 1 saturated heterocycles. The largest absolute Gasteiger partial charge is 0.507 e. The Hall–Kier alpha value is -8.14. The molecular weight excluding hydrogens is 1240 g/mol. The van der Waals surface area contributed by atoms with Crippen molar-refractivity contribution in [1.82, 2.24) is 9.88 Å². The van der Waals surface area contributed by atoms with Gasteiger partial charge in [0.25, 0.3) is 11.7 Å². The highest BCUT2D eigenvalue weighted by Gasteiger charge is 2.50. The van der Waals surface area contributed by atoms with Crippen LogP contribution in [-0.4, -0.2) is 143 Å². The van der Waals surface area contributed by atoms with Crippen LogP contribution in [0.4, 0.5) is 17.1 Å². The van der Waals surface area contributed by atoms with Crippen LogP contribution in [0.2, 0.25) is 0 Å². The standard InChI is InChI=1S/C67H81N5O19P2/c1-34(2)33-71-24-26-72(27-25-71)44-31-45(74)55-47(32-44)89-64-56(69-55)52-53-59(79)40(8)63-54(52)65(81)67(10,91-63)87-29-23-46(85-11)37(5)62(88-41(9)73)39(7)58(78)38(6)61(35(3)14-12-15-36(4)66(82)70-57(64)60(53)80)90-50(77)16-13-28-86-49(76)22-21-48(75)68-43-19-17-42(18-20-43)30-51(92-83)93-84/h12,14-15,17-20,23,29,31-32,34-35,37-39,46,51,58,61-62,74,78-79H,13,16,21-22,24-28,30,33H2,1-11H3,(H,68,75)(H,70,82)/b14-12+,29-23+,36-15-/t35-,37+,38-,39+,46-,58+,61-,62+,67-/m0/s1. The number of rotatable bonds is 18. The van der Waals surface area contributed by atoms with Crippen LogP contribution in [0.1, 0.15) is 109 Å². The van der Waals surface area contributed by atoms with E-state index < -0.39 is 117 Å². The average molecular weight is 1320 g/mol. The monoisotopic (exact) mass is 1320 g/mol. The van der Waals surface area contributed by atoms with Gasteiger partial charge in [0, 0.05) is 130 Å². The number of aromatic hydroxyl groups is 2. The van der Waals surface area contributed by atoms with Gasteiger partial charge in [-0.2, -0.15) is 0 Å². The number of ketones is 1. The van der Waals surface area contributed by atoms with Gasteiger partial charge in [-0.15, -0.1) is 0 Å². The third-order valence-corrected chi connectivity index (χ3v) is 18.7. The SMILES string of the molecule is CO[C@H]1/C=C/O[C@@]2(C)Oc3c(C)c(O)c4c(=O)c(c5oc6cc(N7CCN(CC(C)C)CC7)cc(O)c6nc-5c4c3C2=O)NC(=O)/C(C)=C\C=C\[C@H](C)[C@H](OC(=O)CCCOC(=O)CCC(=O)Nc2ccc(CC(P=O)P=O)cc2)[C@@H](C)[C@@H](O)[C@@H](C)[C@H](OC(C)=O)[C@@H]1C. The highest BCUT2D eigenvalue weighted by Crippen LogP contribution is 2.51. The van der Waals surface area contributed by atoms with Gasteiger partial charge in [-0.1, -0.05) is 71.9 Å². The van der Waals surface area contributed by atoms with Gasteiger partial charge in [0.05, 0.1) is 42.4 Å². The molecule has 3 aromatic carbocycles. The number of nitrogens with zero attached hydrogens (tertiary/aromatic N) is 3. The molecule has 1 fully saturated rings. The molecule has 498 valence electrons. The molecule has 2 amide bonds. The number of aliphatic hydroxyl groups excluding tert-OH is 1. The zero-order chi connectivity index (χ0) is 67.7. The molecule has 1 aliphatic carbocycles. The van der Waals surface area contributed by atoms with E-state index in [0.29, 0.717) is 36.8 Å². The molecule has 0 spiro atoms. The van der Waals surface area contributed by atoms with Crippen LogP contribution in [-0.2, 0) is 63.2 Å². The van der Waals surface area contributed by atoms with Crippen LogP contribution >= 0.6 is 16.9 Å². The second-order valence-electron chi connectivity index (χ2n) is 24.6. The molecule has 93 heavy (non-hydrogen) atoms. The summed E-state index contributed by atoms with van der Waals surface area (Å²) in [6.45, 7) is 20.1. The van der Waals surface area contributed by atoms with Crippen LogP contribution in [0.3, 0.4) is 0 Å². The fraction of sp³-hybridized carbons (Fsp3) is 0.493. The van der Waals surface area contributed by atoms with E-state index in [1.807, 2.05) is 0 Å². The number of ether oxygens (including phenoxy) is 6. The number of phenols is 2. The maximum Gasteiger partial charge on any atom is 0.312 e. The van der Waals surface area contributed by atoms with Gasteiger partial charge in [-0.25, -0.2) is 4.98 Å². The number of Topliss-reactive ketones (excluding diaryl/α,β-unsaturated/α-hetero) is 1. The molecular formula is C67H81N5O19P2. The lowest BCUT2D eigenvalue weighted by Gasteiger charge is -2.39. The minimum Gasteiger partial charge on any atom is -0.507 e. The Morgan fingerprint density at radius 3 is 2.23 bits per heavy atom. The molecule has 5 N–H and O–H groups in total. The molecule has 0 aromatic heterocycles. The van der Waals surface area contributed by atoms with Crippen molar-refractivity contribution in [3.63, 3.8) is 0 Å². The molecule has 9 atom stereocenters. The minimum absolute atomic E-state index is 0.0155. The van der Waals surface area contributed by atoms with Gasteiger partial charge in [0.1, 0.15) is 51.8 Å². The highest BCUT2D eigenvalue weighted by molar-refractivity contribution is 7.44. The summed E-state index contributed by atoms with van der Waals surface area (Å²) >= 11 is 0. The molecule has 5 heterocycles. The van der Waals surface area contributed by atoms with E-state index in [9.17, 15) is 48.4 Å². The Balaban J connectivity index is 1.10. The number of fused-ring (bicyclic) bond motifs is 14. The van der Waals surface area contributed by atoms with Crippen molar-refractivity contribution in [2.24, 2.45) is 29.6 Å². The van der Waals surface area contributed by atoms with Crippen molar-refractivity contribution in [2.75, 3.05) is 62.0 Å². The summed E-state index contributed by atoms with van der Waals surface area (Å²) in [6, 6.07) is 9.90. The Kier molecular flexibility index (Phi) is 23.4. The Labute approximate surface area is 541 Å². The third-order valence-electron chi connectivity index (χ3n) is 17.2. The molecule has 9 rings (SSSR count). The molecule has 0 unspecified atom stereocenters. The molecule has 0 saturated carbocycles. The number of allylic oxidation sites excluding steroid dienone is 2. The van der Waals surface area contributed by atoms with Crippen molar-refractivity contribution in [2.45, 2.75) is 137 Å². The normalized spacial score (nSPS) is 24.9. The number of hydrogen-bond acceptors (Lipinski definition) is 22. The topological polar surface area (TPSA) is 326 Å². The van der Waals surface area contributed by atoms with E-state index in [-0.39, 0.29) is 105 Å². The number of carbonyl (C=O) groups excluding carboxylic acids is 6. The number of benzene rings is 4. The van der Waals surface area contributed by atoms with Crippen molar-refractivity contribution < 1.29 is 86.1 Å². The van der Waals surface area contributed by atoms with E-state index >= 15 is 9.59 Å².